The van der Waals surface area contributed by atoms with Gasteiger partial charge in [0.15, 0.2) is 0 Å². The summed E-state index contributed by atoms with van der Waals surface area (Å²) in [5.74, 6) is -0.0424. The first kappa shape index (κ1) is 14.3. The van der Waals surface area contributed by atoms with E-state index < -0.39 is 5.60 Å². The lowest BCUT2D eigenvalue weighted by atomic mass is 9.87. The number of hydrogen-bond acceptors (Lipinski definition) is 2. The molecule has 1 aliphatic rings. The lowest BCUT2D eigenvalue weighted by Crippen LogP contribution is -2.42. The summed E-state index contributed by atoms with van der Waals surface area (Å²) in [6.45, 7) is 2.31. The van der Waals surface area contributed by atoms with Gasteiger partial charge in [-0.25, -0.2) is 0 Å². The maximum absolute atomic E-state index is 12.7. The minimum atomic E-state index is -0.884. The largest absolute Gasteiger partial charge is 0.385 e. The third kappa shape index (κ3) is 2.61. The van der Waals surface area contributed by atoms with Gasteiger partial charge < -0.3 is 10.0 Å². The number of para-hydroxylation sites is 1. The van der Waals surface area contributed by atoms with Gasteiger partial charge in [0.2, 0.25) is 0 Å². The highest BCUT2D eigenvalue weighted by Crippen LogP contribution is 2.38. The van der Waals surface area contributed by atoms with Crippen LogP contribution in [-0.2, 0) is 5.60 Å². The molecule has 2 aromatic carbocycles. The Morgan fingerprint density at radius 2 is 2.00 bits per heavy atom. The van der Waals surface area contributed by atoms with Gasteiger partial charge in [0.05, 0.1) is 11.3 Å². The maximum Gasteiger partial charge on any atom is 0.258 e. The van der Waals surface area contributed by atoms with E-state index in [4.69, 9.17) is 0 Å². The number of fused-ring (bicyclic) bond motifs is 1. The van der Waals surface area contributed by atoms with Crippen LogP contribution in [0.3, 0.4) is 0 Å². The van der Waals surface area contributed by atoms with Crippen LogP contribution in [0.1, 0.15) is 29.3 Å². The third-order valence-corrected chi connectivity index (χ3v) is 4.41. The summed E-state index contributed by atoms with van der Waals surface area (Å²) in [4.78, 5) is 14.5. The molecule has 1 atom stereocenters. The van der Waals surface area contributed by atoms with Gasteiger partial charge in [-0.1, -0.05) is 40.2 Å². The molecule has 1 unspecified atom stereocenters. The molecule has 2 aromatic rings. The third-order valence-electron chi connectivity index (χ3n) is 3.91. The van der Waals surface area contributed by atoms with Crippen LogP contribution in [-0.4, -0.2) is 17.6 Å². The average molecular weight is 346 g/mol. The summed E-state index contributed by atoms with van der Waals surface area (Å²) in [5, 5.41) is 10.5. The zero-order chi connectivity index (χ0) is 15.0. The Morgan fingerprint density at radius 1 is 1.24 bits per heavy atom. The Hall–Kier alpha value is -1.65. The van der Waals surface area contributed by atoms with Crippen molar-refractivity contribution in [3.8, 4) is 0 Å². The number of hydrogen-bond donors (Lipinski definition) is 1. The van der Waals surface area contributed by atoms with E-state index in [9.17, 15) is 9.90 Å². The second-order valence-corrected chi connectivity index (χ2v) is 6.42. The minimum Gasteiger partial charge on any atom is -0.385 e. The van der Waals surface area contributed by atoms with Crippen molar-refractivity contribution in [3.63, 3.8) is 0 Å². The van der Waals surface area contributed by atoms with E-state index in [0.29, 0.717) is 18.5 Å². The molecule has 0 aromatic heterocycles. The van der Waals surface area contributed by atoms with Crippen molar-refractivity contribution < 1.29 is 9.90 Å². The van der Waals surface area contributed by atoms with Crippen molar-refractivity contribution in [1.82, 2.24) is 0 Å². The average Bonchev–Trinajstić information content (AvgIpc) is 2.47. The van der Waals surface area contributed by atoms with Gasteiger partial charge in [0.25, 0.3) is 5.91 Å². The molecular weight excluding hydrogens is 330 g/mol. The summed E-state index contributed by atoms with van der Waals surface area (Å²) in [7, 11) is 0. The molecule has 4 heteroatoms. The summed E-state index contributed by atoms with van der Waals surface area (Å²) in [6.07, 6.45) is 0.532. The molecule has 1 N–H and O–H groups in total. The number of halogens is 1. The van der Waals surface area contributed by atoms with Gasteiger partial charge in [-0.15, -0.1) is 0 Å². The molecule has 21 heavy (non-hydrogen) atoms. The Labute approximate surface area is 132 Å². The van der Waals surface area contributed by atoms with Crippen molar-refractivity contribution in [3.05, 3.63) is 64.1 Å². The maximum atomic E-state index is 12.7. The SMILES string of the molecule is CC1(O)CCN(C(=O)c2cccc(Br)c2)c2ccccc21. The smallest absolute Gasteiger partial charge is 0.258 e. The molecule has 3 rings (SSSR count). The molecule has 0 radical (unpaired) electrons. The fourth-order valence-electron chi connectivity index (χ4n) is 2.74. The zero-order valence-corrected chi connectivity index (χ0v) is 13.3. The topological polar surface area (TPSA) is 40.5 Å². The van der Waals surface area contributed by atoms with Gasteiger partial charge in [-0.2, -0.15) is 0 Å². The number of anilines is 1. The first-order valence-corrected chi connectivity index (χ1v) is 7.68. The Balaban J connectivity index is 2.03. The van der Waals surface area contributed by atoms with E-state index >= 15 is 0 Å². The van der Waals surface area contributed by atoms with Gasteiger partial charge in [0, 0.05) is 22.1 Å². The predicted octanol–water partition coefficient (Wildman–Crippen LogP) is 3.71. The molecule has 3 nitrogen and oxygen atoms in total. The fraction of sp³-hybridized carbons (Fsp3) is 0.235. The second kappa shape index (κ2) is 5.28. The highest BCUT2D eigenvalue weighted by Gasteiger charge is 2.35. The Morgan fingerprint density at radius 3 is 2.76 bits per heavy atom. The molecule has 108 valence electrons. The quantitative estimate of drug-likeness (QED) is 0.855. The molecule has 1 aliphatic heterocycles. The molecule has 1 amide bonds. The van der Waals surface area contributed by atoms with E-state index in [-0.39, 0.29) is 5.91 Å². The van der Waals surface area contributed by atoms with Crippen molar-refractivity contribution in [1.29, 1.82) is 0 Å². The van der Waals surface area contributed by atoms with E-state index in [0.717, 1.165) is 15.7 Å². The predicted molar refractivity (Wildman–Crippen MR) is 86.4 cm³/mol. The van der Waals surface area contributed by atoms with Crippen molar-refractivity contribution >= 4 is 27.5 Å². The fourth-order valence-corrected chi connectivity index (χ4v) is 3.14. The van der Waals surface area contributed by atoms with Crippen LogP contribution in [0.2, 0.25) is 0 Å². The van der Waals surface area contributed by atoms with Crippen LogP contribution >= 0.6 is 15.9 Å². The first-order chi connectivity index (χ1) is 9.99. The van der Waals surface area contributed by atoms with Crippen molar-refractivity contribution in [2.75, 3.05) is 11.4 Å². The van der Waals surface area contributed by atoms with Gasteiger partial charge >= 0.3 is 0 Å². The highest BCUT2D eigenvalue weighted by atomic mass is 79.9. The lowest BCUT2D eigenvalue weighted by Gasteiger charge is -2.38. The normalized spacial score (nSPS) is 21.0. The molecule has 0 aliphatic carbocycles. The molecule has 0 saturated heterocycles. The van der Waals surface area contributed by atoms with E-state index in [1.54, 1.807) is 11.8 Å². The first-order valence-electron chi connectivity index (χ1n) is 6.88. The number of benzene rings is 2. The molecule has 0 bridgehead atoms. The summed E-state index contributed by atoms with van der Waals surface area (Å²) < 4.78 is 0.880. The summed E-state index contributed by atoms with van der Waals surface area (Å²) in [5.41, 5.74) is 1.35. The van der Waals surface area contributed by atoms with Crippen molar-refractivity contribution in [2.45, 2.75) is 18.9 Å². The van der Waals surface area contributed by atoms with Crippen molar-refractivity contribution in [2.24, 2.45) is 0 Å². The van der Waals surface area contributed by atoms with Gasteiger partial charge in [0.1, 0.15) is 0 Å². The van der Waals surface area contributed by atoms with Crippen LogP contribution in [0.25, 0.3) is 0 Å². The lowest BCUT2D eigenvalue weighted by molar-refractivity contribution is 0.0450. The number of nitrogens with zero attached hydrogens (tertiary/aromatic N) is 1. The van der Waals surface area contributed by atoms with Crippen LogP contribution < -0.4 is 4.90 Å². The van der Waals surface area contributed by atoms with Gasteiger partial charge in [-0.3, -0.25) is 4.79 Å². The highest BCUT2D eigenvalue weighted by molar-refractivity contribution is 9.10. The van der Waals surface area contributed by atoms with Crippen LogP contribution in [0.4, 0.5) is 5.69 Å². The van der Waals surface area contributed by atoms with E-state index in [1.165, 1.54) is 0 Å². The minimum absolute atomic E-state index is 0.0424. The van der Waals surface area contributed by atoms with Crippen LogP contribution in [0.15, 0.2) is 53.0 Å². The Bertz CT molecular complexity index is 697. The molecule has 0 spiro atoms. The summed E-state index contributed by atoms with van der Waals surface area (Å²) >= 11 is 3.39. The number of rotatable bonds is 1. The Kier molecular flexibility index (Phi) is 3.59. The van der Waals surface area contributed by atoms with Crippen LogP contribution in [0, 0.1) is 0 Å². The second-order valence-electron chi connectivity index (χ2n) is 5.51. The van der Waals surface area contributed by atoms with Crippen LogP contribution in [0.5, 0.6) is 0 Å². The zero-order valence-electron chi connectivity index (χ0n) is 11.7. The monoisotopic (exact) mass is 345 g/mol. The molecule has 1 heterocycles. The number of aliphatic hydroxyl groups is 1. The molecule has 0 saturated carbocycles. The molecule has 0 fully saturated rings. The summed E-state index contributed by atoms with van der Waals surface area (Å²) in [6, 6.07) is 14.9. The number of carbonyl (C=O) groups excluding carboxylic acids is 1. The number of carbonyl (C=O) groups is 1. The van der Waals surface area contributed by atoms with E-state index in [2.05, 4.69) is 15.9 Å². The van der Waals surface area contributed by atoms with E-state index in [1.807, 2.05) is 48.5 Å². The number of amides is 1. The molecular formula is C17H16BrNO2. The van der Waals surface area contributed by atoms with Gasteiger partial charge in [-0.05, 0) is 37.6 Å². The standard InChI is InChI=1S/C17H16BrNO2/c1-17(21)9-10-19(15-8-3-2-7-14(15)17)16(20)12-5-4-6-13(18)11-12/h2-8,11,21H,9-10H2,1H3.